The van der Waals surface area contributed by atoms with Crippen molar-refractivity contribution in [3.05, 3.63) is 58.1 Å². The number of hydrogen-bond acceptors (Lipinski definition) is 7. The fraction of sp³-hybridized carbons (Fsp3) is 0.211. The lowest BCUT2D eigenvalue weighted by Crippen LogP contribution is -2.48. The predicted molar refractivity (Wildman–Crippen MR) is 101 cm³/mol. The van der Waals surface area contributed by atoms with Crippen LogP contribution in [0.2, 0.25) is 0 Å². The van der Waals surface area contributed by atoms with E-state index in [0.717, 1.165) is 4.88 Å². The first-order valence-electron chi connectivity index (χ1n) is 8.45. The molecule has 0 radical (unpaired) electrons. The lowest BCUT2D eigenvalue weighted by atomic mass is 10.2. The molecule has 0 spiro atoms. The predicted octanol–water partition coefficient (Wildman–Crippen LogP) is 3.33. The molecule has 1 fully saturated rings. The van der Waals surface area contributed by atoms with E-state index in [1.165, 1.54) is 6.26 Å². The molecule has 27 heavy (non-hydrogen) atoms. The Morgan fingerprint density at radius 3 is 2.74 bits per heavy atom. The van der Waals surface area contributed by atoms with Gasteiger partial charge in [-0.2, -0.15) is 10.2 Å². The molecule has 1 saturated heterocycles. The maximum absolute atomic E-state index is 12.3. The number of hydrogen-bond donors (Lipinski definition) is 0. The standard InChI is InChI=1S/C19H16N4O3S/c20-13-15-19(26-17(21-15)6-5-14-3-2-12-27-14)23-9-7-22(8-10-23)18(24)16-4-1-11-25-16/h1-6,11-12H,7-10H2. The second-order valence-electron chi connectivity index (χ2n) is 5.92. The van der Waals surface area contributed by atoms with E-state index < -0.39 is 0 Å². The van der Waals surface area contributed by atoms with Crippen LogP contribution < -0.4 is 4.90 Å². The van der Waals surface area contributed by atoms with Gasteiger partial charge >= 0.3 is 0 Å². The second kappa shape index (κ2) is 7.51. The summed E-state index contributed by atoms with van der Waals surface area (Å²) in [6, 6.07) is 9.40. The normalized spacial score (nSPS) is 14.6. The fourth-order valence-corrected chi connectivity index (χ4v) is 3.51. The lowest BCUT2D eigenvalue weighted by molar-refractivity contribution is 0.0713. The molecule has 0 atom stereocenters. The van der Waals surface area contributed by atoms with E-state index in [-0.39, 0.29) is 11.6 Å². The summed E-state index contributed by atoms with van der Waals surface area (Å²) in [5.41, 5.74) is 0.256. The molecule has 1 aliphatic heterocycles. The molecule has 136 valence electrons. The number of furan rings is 1. The van der Waals surface area contributed by atoms with Crippen LogP contribution in [0.25, 0.3) is 12.2 Å². The van der Waals surface area contributed by atoms with Gasteiger partial charge in [0.2, 0.25) is 17.5 Å². The summed E-state index contributed by atoms with van der Waals surface area (Å²) in [6.07, 6.45) is 5.15. The molecule has 4 rings (SSSR count). The first-order valence-corrected chi connectivity index (χ1v) is 9.33. The van der Waals surface area contributed by atoms with Crippen molar-refractivity contribution in [3.8, 4) is 6.07 Å². The minimum Gasteiger partial charge on any atom is -0.459 e. The highest BCUT2D eigenvalue weighted by molar-refractivity contribution is 7.10. The number of nitrogens with zero attached hydrogens (tertiary/aromatic N) is 4. The van der Waals surface area contributed by atoms with Gasteiger partial charge in [-0.25, -0.2) is 0 Å². The highest BCUT2D eigenvalue weighted by Crippen LogP contribution is 2.25. The van der Waals surface area contributed by atoms with Gasteiger partial charge in [0.05, 0.1) is 6.26 Å². The molecule has 0 aromatic carbocycles. The Balaban J connectivity index is 1.45. The topological polar surface area (TPSA) is 86.5 Å². The highest BCUT2D eigenvalue weighted by Gasteiger charge is 2.27. The molecule has 8 heteroatoms. The van der Waals surface area contributed by atoms with Crippen LogP contribution in [0.4, 0.5) is 5.88 Å². The molecule has 0 aliphatic carbocycles. The third kappa shape index (κ3) is 3.64. The largest absolute Gasteiger partial charge is 0.459 e. The molecule has 0 bridgehead atoms. The van der Waals surface area contributed by atoms with Crippen molar-refractivity contribution in [3.63, 3.8) is 0 Å². The Labute approximate surface area is 159 Å². The Kier molecular flexibility index (Phi) is 4.77. The van der Waals surface area contributed by atoms with E-state index in [1.54, 1.807) is 34.4 Å². The number of rotatable bonds is 4. The molecule has 0 unspecified atom stereocenters. The average Bonchev–Trinajstić information content (AvgIpc) is 3.47. The van der Waals surface area contributed by atoms with Gasteiger partial charge in [0.15, 0.2) is 5.76 Å². The van der Waals surface area contributed by atoms with Gasteiger partial charge in [-0.3, -0.25) is 4.79 Å². The van der Waals surface area contributed by atoms with Crippen LogP contribution in [0.3, 0.4) is 0 Å². The molecule has 1 amide bonds. The minimum atomic E-state index is -0.128. The number of anilines is 1. The summed E-state index contributed by atoms with van der Waals surface area (Å²) < 4.78 is 11.0. The highest BCUT2D eigenvalue weighted by atomic mass is 32.1. The van der Waals surface area contributed by atoms with Crippen molar-refractivity contribution in [2.45, 2.75) is 0 Å². The second-order valence-corrected chi connectivity index (χ2v) is 6.90. The molecular weight excluding hydrogens is 364 g/mol. The van der Waals surface area contributed by atoms with Crippen LogP contribution in [0, 0.1) is 11.3 Å². The van der Waals surface area contributed by atoms with Crippen LogP contribution in [0.1, 0.15) is 27.0 Å². The summed E-state index contributed by atoms with van der Waals surface area (Å²) in [5.74, 6) is 1.05. The average molecular weight is 380 g/mol. The van der Waals surface area contributed by atoms with Gasteiger partial charge in [0.25, 0.3) is 5.91 Å². The Hall–Kier alpha value is -3.31. The zero-order chi connectivity index (χ0) is 18.6. The SMILES string of the molecule is N#Cc1nc(C=Cc2cccs2)oc1N1CCN(C(=O)c2ccco2)CC1. The van der Waals surface area contributed by atoms with E-state index in [0.29, 0.717) is 43.7 Å². The molecule has 1 aliphatic rings. The van der Waals surface area contributed by atoms with Crippen LogP contribution in [0.15, 0.2) is 44.7 Å². The van der Waals surface area contributed by atoms with Crippen LogP contribution in [-0.4, -0.2) is 42.0 Å². The Morgan fingerprint density at radius 1 is 1.22 bits per heavy atom. The maximum atomic E-state index is 12.3. The molecule has 4 heterocycles. The van der Waals surface area contributed by atoms with Crippen molar-refractivity contribution >= 4 is 35.3 Å². The monoisotopic (exact) mass is 380 g/mol. The molecular formula is C19H16N4O3S. The van der Waals surface area contributed by atoms with Gasteiger partial charge < -0.3 is 18.6 Å². The summed E-state index contributed by atoms with van der Waals surface area (Å²) >= 11 is 1.61. The number of nitriles is 1. The van der Waals surface area contributed by atoms with Crippen LogP contribution in [0.5, 0.6) is 0 Å². The van der Waals surface area contributed by atoms with Gasteiger partial charge in [-0.1, -0.05) is 6.07 Å². The third-order valence-corrected chi connectivity index (χ3v) is 5.09. The number of oxazole rings is 1. The van der Waals surface area contributed by atoms with Crippen molar-refractivity contribution in [2.75, 3.05) is 31.1 Å². The molecule has 3 aromatic rings. The number of thiophene rings is 1. The summed E-state index contributed by atoms with van der Waals surface area (Å²) in [6.45, 7) is 2.16. The molecule has 7 nitrogen and oxygen atoms in total. The van der Waals surface area contributed by atoms with Crippen LogP contribution in [-0.2, 0) is 0 Å². The van der Waals surface area contributed by atoms with Crippen molar-refractivity contribution < 1.29 is 13.6 Å². The van der Waals surface area contributed by atoms with E-state index in [9.17, 15) is 10.1 Å². The smallest absolute Gasteiger partial charge is 0.289 e. The number of amides is 1. The van der Waals surface area contributed by atoms with E-state index in [2.05, 4.69) is 11.1 Å². The van der Waals surface area contributed by atoms with E-state index >= 15 is 0 Å². The third-order valence-electron chi connectivity index (χ3n) is 4.25. The Morgan fingerprint density at radius 2 is 2.07 bits per heavy atom. The first kappa shape index (κ1) is 17.1. The quantitative estimate of drug-likeness (QED) is 0.690. The summed E-state index contributed by atoms with van der Waals surface area (Å²) in [4.78, 5) is 21.4. The van der Waals surface area contributed by atoms with Crippen molar-refractivity contribution in [2.24, 2.45) is 0 Å². The van der Waals surface area contributed by atoms with E-state index in [4.69, 9.17) is 8.83 Å². The zero-order valence-electron chi connectivity index (χ0n) is 14.4. The lowest BCUT2D eigenvalue weighted by Gasteiger charge is -2.34. The van der Waals surface area contributed by atoms with Crippen molar-refractivity contribution in [1.29, 1.82) is 5.26 Å². The molecule has 0 N–H and O–H groups in total. The van der Waals surface area contributed by atoms with Gasteiger partial charge in [-0.05, 0) is 29.7 Å². The molecule has 3 aromatic heterocycles. The number of piperazine rings is 1. The number of carbonyl (C=O) groups is 1. The molecule has 0 saturated carbocycles. The maximum Gasteiger partial charge on any atom is 0.289 e. The Bertz CT molecular complexity index is 975. The van der Waals surface area contributed by atoms with Gasteiger partial charge in [0, 0.05) is 37.1 Å². The minimum absolute atomic E-state index is 0.128. The van der Waals surface area contributed by atoms with Crippen LogP contribution >= 0.6 is 11.3 Å². The van der Waals surface area contributed by atoms with E-state index in [1.807, 2.05) is 28.5 Å². The van der Waals surface area contributed by atoms with Gasteiger partial charge in [0.1, 0.15) is 6.07 Å². The number of aromatic nitrogens is 1. The first-order chi connectivity index (χ1) is 13.2. The van der Waals surface area contributed by atoms with Crippen molar-refractivity contribution in [1.82, 2.24) is 9.88 Å². The zero-order valence-corrected chi connectivity index (χ0v) is 15.2. The van der Waals surface area contributed by atoms with Gasteiger partial charge in [-0.15, -0.1) is 11.3 Å². The summed E-state index contributed by atoms with van der Waals surface area (Å²) in [5, 5.41) is 11.4. The fourth-order valence-electron chi connectivity index (χ4n) is 2.89. The number of carbonyl (C=O) groups excluding carboxylic acids is 1. The summed E-state index contributed by atoms with van der Waals surface area (Å²) in [7, 11) is 0.